The molecule has 0 aliphatic rings. The molecule has 0 aliphatic heterocycles. The first-order valence-corrected chi connectivity index (χ1v) is 5.96. The number of carbonyl (C=O) groups excluding carboxylic acids is 1. The van der Waals surface area contributed by atoms with Crippen molar-refractivity contribution in [3.63, 3.8) is 0 Å². The number of ether oxygens (including phenoxy) is 1. The van der Waals surface area contributed by atoms with Gasteiger partial charge in [-0.25, -0.2) is 0 Å². The van der Waals surface area contributed by atoms with E-state index in [0.717, 1.165) is 5.56 Å². The van der Waals surface area contributed by atoms with Gasteiger partial charge in [-0.1, -0.05) is 30.3 Å². The molecule has 0 heterocycles. The van der Waals surface area contributed by atoms with Gasteiger partial charge in [-0.2, -0.15) is 0 Å². The quantitative estimate of drug-likeness (QED) is 0.757. The summed E-state index contributed by atoms with van der Waals surface area (Å²) in [5.41, 5.74) is 0.815. The molecule has 0 spiro atoms. The molecule has 1 rings (SSSR count). The fraction of sp³-hybridized carbons (Fsp3) is 0.462. The fourth-order valence-corrected chi connectivity index (χ4v) is 1.81. The zero-order valence-corrected chi connectivity index (χ0v) is 11.1. The van der Waals surface area contributed by atoms with Gasteiger partial charge in [0.15, 0.2) is 0 Å². The Bertz CT molecular complexity index is 356. The number of carbonyl (C=O) groups is 1. The van der Waals surface area contributed by atoms with Gasteiger partial charge in [0.1, 0.15) is 5.38 Å². The number of nitrogens with zero attached hydrogens (tertiary/aromatic N) is 1. The van der Waals surface area contributed by atoms with Crippen molar-refractivity contribution in [1.29, 1.82) is 0 Å². The van der Waals surface area contributed by atoms with Gasteiger partial charge in [0.25, 0.3) is 0 Å². The highest BCUT2D eigenvalue weighted by Gasteiger charge is 2.24. The summed E-state index contributed by atoms with van der Waals surface area (Å²) in [5, 5.41) is -0.638. The van der Waals surface area contributed by atoms with Crippen molar-refractivity contribution >= 4 is 17.5 Å². The lowest BCUT2D eigenvalue weighted by Crippen LogP contribution is -2.39. The van der Waals surface area contributed by atoms with E-state index >= 15 is 0 Å². The predicted octanol–water partition coefficient (Wildman–Crippen LogP) is 2.46. The third-order valence-electron chi connectivity index (χ3n) is 2.73. The molecule has 0 aliphatic carbocycles. The van der Waals surface area contributed by atoms with Crippen molar-refractivity contribution in [2.45, 2.75) is 18.3 Å². The summed E-state index contributed by atoms with van der Waals surface area (Å²) >= 11 is 6.16. The molecule has 4 heteroatoms. The zero-order chi connectivity index (χ0) is 12.8. The van der Waals surface area contributed by atoms with E-state index in [0.29, 0.717) is 6.61 Å². The normalized spacial score (nSPS) is 14.1. The van der Waals surface area contributed by atoms with Crippen LogP contribution in [0.4, 0.5) is 0 Å². The lowest BCUT2D eigenvalue weighted by molar-refractivity contribution is -0.132. The van der Waals surface area contributed by atoms with Gasteiger partial charge < -0.3 is 9.64 Å². The predicted molar refractivity (Wildman–Crippen MR) is 69.1 cm³/mol. The Morgan fingerprint density at radius 1 is 1.41 bits per heavy atom. The number of halogens is 1. The van der Waals surface area contributed by atoms with Crippen LogP contribution in [0, 0.1) is 0 Å². The van der Waals surface area contributed by atoms with Crippen molar-refractivity contribution in [2.24, 2.45) is 0 Å². The van der Waals surface area contributed by atoms with Crippen LogP contribution >= 0.6 is 11.6 Å². The summed E-state index contributed by atoms with van der Waals surface area (Å²) in [4.78, 5) is 13.7. The Kier molecular flexibility index (Phi) is 5.45. The van der Waals surface area contributed by atoms with Gasteiger partial charge in [-0.3, -0.25) is 4.79 Å². The third kappa shape index (κ3) is 3.72. The molecule has 2 unspecified atom stereocenters. The Balaban J connectivity index is 2.70. The molecule has 0 radical (unpaired) electrons. The lowest BCUT2D eigenvalue weighted by atomic mass is 10.1. The molecule has 2 atom stereocenters. The first-order chi connectivity index (χ1) is 8.07. The highest BCUT2D eigenvalue weighted by molar-refractivity contribution is 6.30. The van der Waals surface area contributed by atoms with E-state index in [4.69, 9.17) is 16.3 Å². The van der Waals surface area contributed by atoms with Crippen LogP contribution in [0.5, 0.6) is 0 Å². The molecule has 3 nitrogen and oxygen atoms in total. The Labute approximate surface area is 107 Å². The Morgan fingerprint density at radius 2 is 2.00 bits per heavy atom. The highest BCUT2D eigenvalue weighted by atomic mass is 35.5. The number of benzene rings is 1. The van der Waals surface area contributed by atoms with E-state index < -0.39 is 5.38 Å². The van der Waals surface area contributed by atoms with E-state index in [2.05, 4.69) is 0 Å². The Hall–Kier alpha value is -1.06. The topological polar surface area (TPSA) is 29.5 Å². The van der Waals surface area contributed by atoms with Crippen molar-refractivity contribution in [1.82, 2.24) is 4.90 Å². The first kappa shape index (κ1) is 14.0. The molecule has 1 aromatic carbocycles. The maximum Gasteiger partial charge on any atom is 0.245 e. The summed E-state index contributed by atoms with van der Waals surface area (Å²) in [5.74, 6) is -0.109. The molecule has 0 bridgehead atoms. The van der Waals surface area contributed by atoms with E-state index in [1.165, 1.54) is 0 Å². The summed E-state index contributed by atoms with van der Waals surface area (Å²) < 4.78 is 5.02. The maximum atomic E-state index is 12.1. The van der Waals surface area contributed by atoms with Crippen LogP contribution in [-0.2, 0) is 9.53 Å². The second-order valence-electron chi connectivity index (χ2n) is 4.03. The smallest absolute Gasteiger partial charge is 0.245 e. The van der Waals surface area contributed by atoms with Crippen molar-refractivity contribution < 1.29 is 9.53 Å². The molecule has 0 saturated heterocycles. The monoisotopic (exact) mass is 255 g/mol. The number of alkyl halides is 1. The van der Waals surface area contributed by atoms with Gasteiger partial charge >= 0.3 is 0 Å². The number of rotatable bonds is 5. The number of hydrogen-bond donors (Lipinski definition) is 0. The van der Waals surface area contributed by atoms with E-state index in [1.807, 2.05) is 37.3 Å². The van der Waals surface area contributed by atoms with Gasteiger partial charge in [0, 0.05) is 14.2 Å². The average molecular weight is 256 g/mol. The molecular weight excluding hydrogens is 238 g/mol. The molecular formula is C13H18ClNO2. The molecule has 94 valence electrons. The summed E-state index contributed by atoms with van der Waals surface area (Å²) in [7, 11) is 3.36. The second-order valence-corrected chi connectivity index (χ2v) is 4.46. The van der Waals surface area contributed by atoms with Crippen LogP contribution < -0.4 is 0 Å². The van der Waals surface area contributed by atoms with Gasteiger partial charge in [-0.15, -0.1) is 11.6 Å². The molecule has 0 fully saturated rings. The maximum absolute atomic E-state index is 12.1. The molecule has 0 saturated carbocycles. The number of hydrogen-bond acceptors (Lipinski definition) is 2. The lowest BCUT2D eigenvalue weighted by Gasteiger charge is -2.26. The number of amides is 1. The van der Waals surface area contributed by atoms with Crippen LogP contribution in [0.3, 0.4) is 0 Å². The molecule has 1 amide bonds. The zero-order valence-electron chi connectivity index (χ0n) is 10.4. The fourth-order valence-electron chi connectivity index (χ4n) is 1.51. The minimum absolute atomic E-state index is 0.0115. The van der Waals surface area contributed by atoms with Crippen LogP contribution in [0.25, 0.3) is 0 Å². The summed E-state index contributed by atoms with van der Waals surface area (Å²) in [6.45, 7) is 2.43. The van der Waals surface area contributed by atoms with Crippen molar-refractivity contribution in [3.05, 3.63) is 35.9 Å². The van der Waals surface area contributed by atoms with Crippen LogP contribution in [0.15, 0.2) is 30.3 Å². The average Bonchev–Trinajstić information content (AvgIpc) is 2.37. The molecule has 1 aromatic rings. The van der Waals surface area contributed by atoms with Crippen LogP contribution in [0.1, 0.15) is 17.9 Å². The van der Waals surface area contributed by atoms with Crippen LogP contribution in [0.2, 0.25) is 0 Å². The van der Waals surface area contributed by atoms with Gasteiger partial charge in [0.05, 0.1) is 12.6 Å². The van der Waals surface area contributed by atoms with Crippen LogP contribution in [-0.4, -0.2) is 37.6 Å². The largest absolute Gasteiger partial charge is 0.383 e. The van der Waals surface area contributed by atoms with Gasteiger partial charge in [0.2, 0.25) is 5.91 Å². The SMILES string of the molecule is COCC(C)N(C)C(=O)C(Cl)c1ccccc1. The molecule has 17 heavy (non-hydrogen) atoms. The standard InChI is InChI=1S/C13H18ClNO2/c1-10(9-17-3)15(2)13(16)12(14)11-7-5-4-6-8-11/h4-8,10,12H,9H2,1-3H3. The molecule has 0 aromatic heterocycles. The molecule has 0 N–H and O–H groups in total. The van der Waals surface area contributed by atoms with Crippen molar-refractivity contribution in [3.8, 4) is 0 Å². The summed E-state index contributed by atoms with van der Waals surface area (Å²) in [6.07, 6.45) is 0. The minimum atomic E-state index is -0.638. The van der Waals surface area contributed by atoms with E-state index in [-0.39, 0.29) is 11.9 Å². The first-order valence-electron chi connectivity index (χ1n) is 5.52. The number of methoxy groups -OCH3 is 1. The summed E-state index contributed by atoms with van der Waals surface area (Å²) in [6, 6.07) is 9.36. The third-order valence-corrected chi connectivity index (χ3v) is 3.16. The Morgan fingerprint density at radius 3 is 2.53 bits per heavy atom. The number of likely N-dealkylation sites (N-methyl/N-ethyl adjacent to an activating group) is 1. The van der Waals surface area contributed by atoms with Crippen molar-refractivity contribution in [2.75, 3.05) is 20.8 Å². The minimum Gasteiger partial charge on any atom is -0.383 e. The highest BCUT2D eigenvalue weighted by Crippen LogP contribution is 2.22. The second kappa shape index (κ2) is 6.62. The van der Waals surface area contributed by atoms with E-state index in [9.17, 15) is 4.79 Å². The van der Waals surface area contributed by atoms with Gasteiger partial charge in [-0.05, 0) is 12.5 Å². The van der Waals surface area contributed by atoms with E-state index in [1.54, 1.807) is 19.1 Å².